The van der Waals surface area contributed by atoms with Gasteiger partial charge in [-0.15, -0.1) is 0 Å². The van der Waals surface area contributed by atoms with Crippen molar-refractivity contribution in [1.29, 1.82) is 5.26 Å². The van der Waals surface area contributed by atoms with Crippen molar-refractivity contribution in [1.82, 2.24) is 0 Å². The maximum absolute atomic E-state index is 15.2. The smallest absolute Gasteiger partial charge is 0.141 e. The zero-order valence-corrected chi connectivity index (χ0v) is 14.4. The minimum atomic E-state index is -0.627. The van der Waals surface area contributed by atoms with E-state index in [0.717, 1.165) is 29.5 Å². The predicted octanol–water partition coefficient (Wildman–Crippen LogP) is 6.03. The number of aryl methyl sites for hydroxylation is 1. The van der Waals surface area contributed by atoms with Crippen molar-refractivity contribution < 1.29 is 8.78 Å². The average Bonchev–Trinajstić information content (AvgIpc) is 3.01. The molecule has 128 valence electrons. The van der Waals surface area contributed by atoms with Crippen molar-refractivity contribution in [2.24, 2.45) is 0 Å². The van der Waals surface area contributed by atoms with Crippen LogP contribution in [0.2, 0.25) is 0 Å². The first-order valence-electron chi connectivity index (χ1n) is 8.76. The molecule has 3 aromatic carbocycles. The third kappa shape index (κ3) is 2.59. The van der Waals surface area contributed by atoms with Crippen LogP contribution in [0.4, 0.5) is 8.78 Å². The van der Waals surface area contributed by atoms with Gasteiger partial charge >= 0.3 is 0 Å². The van der Waals surface area contributed by atoms with E-state index in [2.05, 4.69) is 25.1 Å². The summed E-state index contributed by atoms with van der Waals surface area (Å²) in [4.78, 5) is 0. The topological polar surface area (TPSA) is 23.8 Å². The van der Waals surface area contributed by atoms with Crippen LogP contribution in [0.25, 0.3) is 22.3 Å². The van der Waals surface area contributed by atoms with E-state index in [1.807, 2.05) is 6.07 Å². The van der Waals surface area contributed by atoms with E-state index in [1.165, 1.54) is 17.7 Å². The Morgan fingerprint density at radius 3 is 2.46 bits per heavy atom. The lowest BCUT2D eigenvalue weighted by molar-refractivity contribution is 0.616. The number of nitrogens with zero attached hydrogens (tertiary/aromatic N) is 1. The van der Waals surface area contributed by atoms with Crippen molar-refractivity contribution >= 4 is 0 Å². The Morgan fingerprint density at radius 1 is 0.962 bits per heavy atom. The van der Waals surface area contributed by atoms with Crippen molar-refractivity contribution in [3.8, 4) is 28.3 Å². The highest BCUT2D eigenvalue weighted by molar-refractivity contribution is 5.81. The zero-order chi connectivity index (χ0) is 18.3. The Morgan fingerprint density at radius 2 is 1.73 bits per heavy atom. The Kier molecular flexibility index (Phi) is 4.05. The highest BCUT2D eigenvalue weighted by Crippen LogP contribution is 2.41. The Hall–Kier alpha value is -2.99. The van der Waals surface area contributed by atoms with Crippen LogP contribution in [0.1, 0.15) is 35.6 Å². The van der Waals surface area contributed by atoms with E-state index in [4.69, 9.17) is 5.26 Å². The lowest BCUT2D eigenvalue weighted by Gasteiger charge is -2.09. The maximum atomic E-state index is 15.2. The van der Waals surface area contributed by atoms with Crippen molar-refractivity contribution in [3.05, 3.63) is 82.4 Å². The van der Waals surface area contributed by atoms with E-state index in [9.17, 15) is 4.39 Å². The second-order valence-electron chi connectivity index (χ2n) is 6.68. The first-order valence-corrected chi connectivity index (χ1v) is 8.76. The number of halogens is 2. The van der Waals surface area contributed by atoms with Gasteiger partial charge in [-0.2, -0.15) is 5.26 Å². The van der Waals surface area contributed by atoms with Crippen LogP contribution in [0.15, 0.2) is 48.5 Å². The molecule has 0 N–H and O–H groups in total. The second-order valence-corrected chi connectivity index (χ2v) is 6.68. The molecule has 0 spiro atoms. The molecule has 3 heteroatoms. The van der Waals surface area contributed by atoms with Gasteiger partial charge in [0.15, 0.2) is 0 Å². The fourth-order valence-corrected chi connectivity index (χ4v) is 3.73. The van der Waals surface area contributed by atoms with Crippen molar-refractivity contribution in [2.75, 3.05) is 0 Å². The fourth-order valence-electron chi connectivity index (χ4n) is 3.73. The lowest BCUT2D eigenvalue weighted by Crippen LogP contribution is -1.94. The van der Waals surface area contributed by atoms with Gasteiger partial charge in [0.05, 0.1) is 5.56 Å². The normalized spacial score (nSPS) is 11.8. The largest absolute Gasteiger partial charge is 0.206 e. The third-order valence-electron chi connectivity index (χ3n) is 5.01. The molecular weight excluding hydrogens is 328 g/mol. The van der Waals surface area contributed by atoms with Gasteiger partial charge in [-0.05, 0) is 46.4 Å². The summed E-state index contributed by atoms with van der Waals surface area (Å²) in [5, 5.41) is 8.86. The van der Waals surface area contributed by atoms with Crippen molar-refractivity contribution in [3.63, 3.8) is 0 Å². The summed E-state index contributed by atoms with van der Waals surface area (Å²) in [6, 6.07) is 16.0. The van der Waals surface area contributed by atoms with Crippen LogP contribution in [0.5, 0.6) is 0 Å². The molecule has 26 heavy (non-hydrogen) atoms. The third-order valence-corrected chi connectivity index (χ3v) is 5.01. The standard InChI is InChI=1S/C23H17F2N/c1-2-3-14-4-7-18-17(10-14)11-21-20(18)9-8-19(23(21)25)15-5-6-16(13-26)22(24)12-15/h4-10,12H,2-3,11H2,1H3. The number of rotatable bonds is 3. The van der Waals surface area contributed by atoms with Gasteiger partial charge in [-0.1, -0.05) is 49.7 Å². The molecule has 0 aromatic heterocycles. The molecule has 0 heterocycles. The van der Waals surface area contributed by atoms with Crippen LogP contribution in [0, 0.1) is 23.0 Å². The van der Waals surface area contributed by atoms with Crippen LogP contribution < -0.4 is 0 Å². The molecule has 0 fully saturated rings. The highest BCUT2D eigenvalue weighted by Gasteiger charge is 2.24. The van der Waals surface area contributed by atoms with E-state index in [1.54, 1.807) is 18.2 Å². The SMILES string of the molecule is CCCc1ccc2c(c1)Cc1c-2ccc(-c2ccc(C#N)c(F)c2)c1F. The Bertz CT molecular complexity index is 1060. The molecule has 0 atom stereocenters. The van der Waals surface area contributed by atoms with Gasteiger partial charge in [0.25, 0.3) is 0 Å². The minimum Gasteiger partial charge on any atom is -0.206 e. The van der Waals surface area contributed by atoms with Gasteiger partial charge < -0.3 is 0 Å². The molecule has 0 radical (unpaired) electrons. The van der Waals surface area contributed by atoms with Gasteiger partial charge in [0.2, 0.25) is 0 Å². The summed E-state index contributed by atoms with van der Waals surface area (Å²) >= 11 is 0. The summed E-state index contributed by atoms with van der Waals surface area (Å²) in [6.07, 6.45) is 2.65. The number of fused-ring (bicyclic) bond motifs is 3. The maximum Gasteiger partial charge on any atom is 0.141 e. The van der Waals surface area contributed by atoms with Gasteiger partial charge in [0, 0.05) is 17.5 Å². The summed E-state index contributed by atoms with van der Waals surface area (Å²) < 4.78 is 29.1. The molecular formula is C23H17F2N. The van der Waals surface area contributed by atoms with Crippen molar-refractivity contribution in [2.45, 2.75) is 26.2 Å². The number of hydrogen-bond donors (Lipinski definition) is 0. The van der Waals surface area contributed by atoms with Crippen LogP contribution >= 0.6 is 0 Å². The molecule has 0 saturated heterocycles. The number of hydrogen-bond acceptors (Lipinski definition) is 1. The molecule has 0 bridgehead atoms. The van der Waals surface area contributed by atoms with Gasteiger partial charge in [-0.3, -0.25) is 0 Å². The van der Waals surface area contributed by atoms with E-state index >= 15 is 4.39 Å². The molecule has 4 rings (SSSR count). The summed E-state index contributed by atoms with van der Waals surface area (Å²) in [5.74, 6) is -0.933. The van der Waals surface area contributed by atoms with Crippen LogP contribution in [-0.2, 0) is 12.8 Å². The molecule has 1 aliphatic carbocycles. The van der Waals surface area contributed by atoms with E-state index < -0.39 is 5.82 Å². The van der Waals surface area contributed by atoms with Gasteiger partial charge in [-0.25, -0.2) is 8.78 Å². The fraction of sp³-hybridized carbons (Fsp3) is 0.174. The first-order chi connectivity index (χ1) is 12.6. The summed E-state index contributed by atoms with van der Waals surface area (Å²) in [6.45, 7) is 2.14. The molecule has 1 nitrogen and oxygen atoms in total. The second kappa shape index (κ2) is 6.38. The molecule has 0 amide bonds. The Labute approximate surface area is 151 Å². The molecule has 0 aliphatic heterocycles. The summed E-state index contributed by atoms with van der Waals surface area (Å²) in [5.41, 5.74) is 5.86. The number of nitriles is 1. The molecule has 0 unspecified atom stereocenters. The average molecular weight is 345 g/mol. The van der Waals surface area contributed by atoms with E-state index in [-0.39, 0.29) is 11.4 Å². The number of benzene rings is 3. The molecule has 1 aliphatic rings. The van der Waals surface area contributed by atoms with Gasteiger partial charge in [0.1, 0.15) is 17.7 Å². The van der Waals surface area contributed by atoms with E-state index in [0.29, 0.717) is 23.1 Å². The highest BCUT2D eigenvalue weighted by atomic mass is 19.1. The van der Waals surface area contributed by atoms with Crippen LogP contribution in [-0.4, -0.2) is 0 Å². The Balaban J connectivity index is 1.78. The molecule has 3 aromatic rings. The molecule has 0 saturated carbocycles. The lowest BCUT2D eigenvalue weighted by atomic mass is 9.97. The quantitative estimate of drug-likeness (QED) is 0.445. The first kappa shape index (κ1) is 16.5. The zero-order valence-electron chi connectivity index (χ0n) is 14.4. The predicted molar refractivity (Wildman–Crippen MR) is 98.7 cm³/mol. The summed E-state index contributed by atoms with van der Waals surface area (Å²) in [7, 11) is 0. The van der Waals surface area contributed by atoms with Crippen LogP contribution in [0.3, 0.4) is 0 Å². The minimum absolute atomic E-state index is 0.0359. The monoisotopic (exact) mass is 345 g/mol.